The normalized spacial score (nSPS) is 25.3. The number of nitrogens with one attached hydrogen (secondary N) is 1. The van der Waals surface area contributed by atoms with Crippen LogP contribution < -0.4 is 5.32 Å². The molecule has 0 aromatic carbocycles. The molecule has 0 bridgehead atoms. The van der Waals surface area contributed by atoms with E-state index in [9.17, 15) is 45.6 Å². The quantitative estimate of drug-likeness (QED) is 0.0204. The van der Waals surface area contributed by atoms with Gasteiger partial charge in [0.2, 0.25) is 5.91 Å². The molecule has 1 amide bonds. The second kappa shape index (κ2) is 48.6. The molecule has 0 aromatic heterocycles. The lowest BCUT2D eigenvalue weighted by atomic mass is 9.97. The van der Waals surface area contributed by atoms with Gasteiger partial charge < -0.3 is 65.1 Å². The van der Waals surface area contributed by atoms with Crippen LogP contribution in [0.15, 0.2) is 97.2 Å². The molecule has 14 nitrogen and oxygen atoms in total. The number of carbonyl (C=O) groups is 1. The fraction of sp³-hybridized carbons (Fsp3) is 0.734. The van der Waals surface area contributed by atoms with Crippen LogP contribution in [0.1, 0.15) is 206 Å². The van der Waals surface area contributed by atoms with E-state index in [1.807, 2.05) is 0 Å². The fourth-order valence-electron chi connectivity index (χ4n) is 9.43. The minimum atomic E-state index is -1.78. The molecule has 0 aliphatic carbocycles. The largest absolute Gasteiger partial charge is 0.394 e. The SMILES string of the molecule is CC/C=C\C/C=C\C/C=C\C/C=C\C/C=C\C/C=C\C/C=C\C/C=C\CCCCCCCCCCCCCCC(=O)NC(COC1OC(CO)C(OC2OC(CO)C(O)C(O)C2O)C(O)C1O)C(O)CCCCCCCCC. The van der Waals surface area contributed by atoms with E-state index in [0.717, 1.165) is 116 Å². The third-order valence-corrected chi connectivity index (χ3v) is 14.3. The molecule has 12 atom stereocenters. The zero-order valence-electron chi connectivity index (χ0n) is 48.1. The van der Waals surface area contributed by atoms with Crippen molar-refractivity contribution in [3.05, 3.63) is 97.2 Å². The van der Waals surface area contributed by atoms with Crippen molar-refractivity contribution in [1.29, 1.82) is 0 Å². The Morgan fingerprint density at radius 3 is 1.36 bits per heavy atom. The highest BCUT2D eigenvalue weighted by Gasteiger charge is 2.51. The van der Waals surface area contributed by atoms with Crippen LogP contribution in [0, 0.1) is 0 Å². The Kier molecular flexibility index (Phi) is 44.3. The number of allylic oxidation sites excluding steroid dienone is 16. The van der Waals surface area contributed by atoms with Gasteiger partial charge in [-0.15, -0.1) is 0 Å². The average molecular weight is 1100 g/mol. The lowest BCUT2D eigenvalue weighted by Gasteiger charge is -2.46. The second-order valence-corrected chi connectivity index (χ2v) is 21.1. The van der Waals surface area contributed by atoms with Crippen molar-refractivity contribution in [1.82, 2.24) is 5.32 Å². The van der Waals surface area contributed by atoms with Crippen molar-refractivity contribution in [3.8, 4) is 0 Å². The molecule has 0 radical (unpaired) electrons. The third kappa shape index (κ3) is 33.6. The van der Waals surface area contributed by atoms with E-state index in [1.54, 1.807) is 0 Å². The number of unbranched alkanes of at least 4 members (excludes halogenated alkanes) is 18. The van der Waals surface area contributed by atoms with Gasteiger partial charge in [0, 0.05) is 6.42 Å². The Morgan fingerprint density at radius 1 is 0.474 bits per heavy atom. The van der Waals surface area contributed by atoms with E-state index in [2.05, 4.69) is 116 Å². The molecular formula is C64H109NO13. The van der Waals surface area contributed by atoms with Gasteiger partial charge >= 0.3 is 0 Å². The summed E-state index contributed by atoms with van der Waals surface area (Å²) in [6.07, 6.45) is 50.3. The molecule has 14 heteroatoms. The van der Waals surface area contributed by atoms with Gasteiger partial charge in [-0.05, 0) is 77.0 Å². The Bertz CT molecular complexity index is 1680. The summed E-state index contributed by atoms with van der Waals surface area (Å²) < 4.78 is 22.7. The van der Waals surface area contributed by atoms with E-state index >= 15 is 0 Å². The van der Waals surface area contributed by atoms with E-state index in [-0.39, 0.29) is 12.5 Å². The van der Waals surface area contributed by atoms with Gasteiger partial charge in [0.1, 0.15) is 48.8 Å². The maximum Gasteiger partial charge on any atom is 0.220 e. The minimum absolute atomic E-state index is 0.217. The Morgan fingerprint density at radius 2 is 0.885 bits per heavy atom. The van der Waals surface area contributed by atoms with Crippen LogP contribution in [0.3, 0.4) is 0 Å². The molecule has 2 saturated heterocycles. The lowest BCUT2D eigenvalue weighted by Crippen LogP contribution is -2.65. The summed E-state index contributed by atoms with van der Waals surface area (Å²) in [5.74, 6) is -0.217. The van der Waals surface area contributed by atoms with Gasteiger partial charge in [0.15, 0.2) is 12.6 Å². The number of rotatable bonds is 47. The Balaban J connectivity index is 1.56. The lowest BCUT2D eigenvalue weighted by molar-refractivity contribution is -0.359. The molecule has 0 saturated carbocycles. The summed E-state index contributed by atoms with van der Waals surface area (Å²) in [5.41, 5.74) is 0. The van der Waals surface area contributed by atoms with E-state index < -0.39 is 86.8 Å². The van der Waals surface area contributed by atoms with E-state index in [1.165, 1.54) is 64.2 Å². The topological polar surface area (TPSA) is 228 Å². The number of ether oxygens (including phenoxy) is 4. The van der Waals surface area contributed by atoms with Crippen LogP contribution in [-0.2, 0) is 23.7 Å². The van der Waals surface area contributed by atoms with Crippen LogP contribution in [0.4, 0.5) is 0 Å². The van der Waals surface area contributed by atoms with E-state index in [0.29, 0.717) is 12.8 Å². The molecule has 2 aliphatic heterocycles. The molecule has 448 valence electrons. The van der Waals surface area contributed by atoms with Gasteiger partial charge in [0.25, 0.3) is 0 Å². The fourth-order valence-corrected chi connectivity index (χ4v) is 9.43. The number of hydrogen-bond acceptors (Lipinski definition) is 13. The zero-order chi connectivity index (χ0) is 56.7. The van der Waals surface area contributed by atoms with Crippen LogP contribution in [0.25, 0.3) is 0 Å². The first-order valence-corrected chi connectivity index (χ1v) is 30.5. The number of aliphatic hydroxyl groups excluding tert-OH is 8. The van der Waals surface area contributed by atoms with Gasteiger partial charge in [-0.2, -0.15) is 0 Å². The summed E-state index contributed by atoms with van der Waals surface area (Å²) in [6.45, 7) is 2.67. The Hall–Kier alpha value is -3.09. The summed E-state index contributed by atoms with van der Waals surface area (Å²) in [5, 5.41) is 86.8. The van der Waals surface area contributed by atoms with Crippen LogP contribution in [0.5, 0.6) is 0 Å². The molecule has 0 aromatic rings. The first kappa shape index (κ1) is 71.0. The van der Waals surface area contributed by atoms with Gasteiger partial charge in [-0.3, -0.25) is 4.79 Å². The zero-order valence-corrected chi connectivity index (χ0v) is 48.1. The molecular weight excluding hydrogens is 991 g/mol. The summed E-state index contributed by atoms with van der Waals surface area (Å²) >= 11 is 0. The van der Waals surface area contributed by atoms with Gasteiger partial charge in [0.05, 0.1) is 32.0 Å². The number of aliphatic hydroxyl groups is 8. The number of carbonyl (C=O) groups excluding carboxylic acids is 1. The standard InChI is InChI=1S/C64H109NO13/c1-3-5-7-9-11-12-13-14-15-16-17-18-19-20-21-22-23-24-25-26-27-28-29-30-31-32-33-34-35-36-37-38-39-40-42-44-46-48-56(69)65-52(53(68)47-45-43-41-10-8-6-4-2)51-75-63-61(74)59(72)62(55(50-67)77-63)78-64-60(73)58(71)57(70)54(49-66)76-64/h5,7,11-12,14-15,17-18,20-21,23-24,26-27,29-30,52-55,57-64,66-68,70-74H,3-4,6,8-10,13,16,19,22,25,28,31-51H2,1-2H3,(H,65,69)/b7-5-,12-11-,15-14-,18-17-,21-20-,24-23-,27-26-,30-29-. The molecule has 0 spiro atoms. The molecule has 2 aliphatic rings. The van der Waals surface area contributed by atoms with E-state index in [4.69, 9.17) is 18.9 Å². The van der Waals surface area contributed by atoms with Crippen molar-refractivity contribution in [2.45, 2.75) is 280 Å². The third-order valence-electron chi connectivity index (χ3n) is 14.3. The summed E-state index contributed by atoms with van der Waals surface area (Å²) in [6, 6.07) is -0.832. The van der Waals surface area contributed by atoms with Crippen molar-refractivity contribution < 1.29 is 64.6 Å². The van der Waals surface area contributed by atoms with Gasteiger partial charge in [-0.1, -0.05) is 220 Å². The molecule has 2 fully saturated rings. The summed E-state index contributed by atoms with van der Waals surface area (Å²) in [7, 11) is 0. The van der Waals surface area contributed by atoms with Crippen molar-refractivity contribution >= 4 is 5.91 Å². The maximum absolute atomic E-state index is 13.2. The van der Waals surface area contributed by atoms with Crippen molar-refractivity contribution in [3.63, 3.8) is 0 Å². The number of amides is 1. The molecule has 78 heavy (non-hydrogen) atoms. The average Bonchev–Trinajstić information content (AvgIpc) is 3.47. The molecule has 2 heterocycles. The maximum atomic E-state index is 13.2. The molecule has 12 unspecified atom stereocenters. The predicted octanol–water partition coefficient (Wildman–Crippen LogP) is 10.7. The van der Waals surface area contributed by atoms with Crippen LogP contribution in [0.2, 0.25) is 0 Å². The predicted molar refractivity (Wildman–Crippen MR) is 313 cm³/mol. The first-order valence-electron chi connectivity index (χ1n) is 30.5. The van der Waals surface area contributed by atoms with Crippen molar-refractivity contribution in [2.75, 3.05) is 19.8 Å². The van der Waals surface area contributed by atoms with Crippen LogP contribution in [-0.4, -0.2) is 140 Å². The first-order chi connectivity index (χ1) is 38.1. The van der Waals surface area contributed by atoms with Crippen LogP contribution >= 0.6 is 0 Å². The number of hydrogen-bond donors (Lipinski definition) is 9. The summed E-state index contributed by atoms with van der Waals surface area (Å²) in [4.78, 5) is 13.2. The monoisotopic (exact) mass is 1100 g/mol. The van der Waals surface area contributed by atoms with Gasteiger partial charge in [-0.25, -0.2) is 0 Å². The smallest absolute Gasteiger partial charge is 0.220 e. The van der Waals surface area contributed by atoms with Crippen molar-refractivity contribution in [2.24, 2.45) is 0 Å². The highest BCUT2D eigenvalue weighted by molar-refractivity contribution is 5.76. The molecule has 9 N–H and O–H groups in total. The highest BCUT2D eigenvalue weighted by Crippen LogP contribution is 2.30. The highest BCUT2D eigenvalue weighted by atomic mass is 16.7. The second-order valence-electron chi connectivity index (χ2n) is 21.1. The Labute approximate surface area is 471 Å². The molecule has 2 rings (SSSR count). The minimum Gasteiger partial charge on any atom is -0.394 e.